The fourth-order valence-electron chi connectivity index (χ4n) is 3.04. The summed E-state index contributed by atoms with van der Waals surface area (Å²) in [5, 5.41) is 6.27. The predicted molar refractivity (Wildman–Crippen MR) is 114 cm³/mol. The summed E-state index contributed by atoms with van der Waals surface area (Å²) in [6.07, 6.45) is -7.15. The molecule has 1 heterocycles. The van der Waals surface area contributed by atoms with Crippen LogP contribution in [0.15, 0.2) is 41.2 Å². The number of nitrogens with one attached hydrogen (secondary N) is 1. The molecule has 0 fully saturated rings. The molecule has 0 aliphatic rings. The molecule has 8 nitrogen and oxygen atoms in total. The summed E-state index contributed by atoms with van der Waals surface area (Å²) in [7, 11) is 1.23. The highest BCUT2D eigenvalue weighted by Crippen LogP contribution is 2.31. The number of hydrogen-bond donors (Lipinski definition) is 1. The second-order valence-corrected chi connectivity index (χ2v) is 7.50. The van der Waals surface area contributed by atoms with Crippen molar-refractivity contribution in [3.63, 3.8) is 0 Å². The van der Waals surface area contributed by atoms with Crippen LogP contribution in [0, 0.1) is 12.7 Å². The summed E-state index contributed by atoms with van der Waals surface area (Å²) in [6.45, 7) is 3.55. The first-order chi connectivity index (χ1) is 15.8. The molecule has 0 bridgehead atoms. The van der Waals surface area contributed by atoms with Gasteiger partial charge in [-0.3, -0.25) is 14.2 Å². The highest BCUT2D eigenvalue weighted by atomic mass is 19.4. The number of benzene rings is 2. The van der Waals surface area contributed by atoms with Gasteiger partial charge in [-0.25, -0.2) is 9.18 Å². The molecule has 3 rings (SSSR count). The Labute approximate surface area is 190 Å². The van der Waals surface area contributed by atoms with E-state index >= 15 is 4.39 Å². The third-order valence-corrected chi connectivity index (χ3v) is 4.98. The van der Waals surface area contributed by atoms with E-state index in [2.05, 4.69) is 10.4 Å². The van der Waals surface area contributed by atoms with E-state index in [1.54, 1.807) is 31.2 Å². The van der Waals surface area contributed by atoms with Crippen molar-refractivity contribution in [2.75, 3.05) is 5.32 Å². The molecule has 0 radical (unpaired) electrons. The van der Waals surface area contributed by atoms with Gasteiger partial charge in [0.05, 0.1) is 5.56 Å². The normalized spacial score (nSPS) is 12.4. The van der Waals surface area contributed by atoms with Crippen LogP contribution in [0.5, 0.6) is 5.75 Å². The van der Waals surface area contributed by atoms with Crippen molar-refractivity contribution in [2.45, 2.75) is 33.1 Å². The number of aryl methyl sites for hydroxylation is 1. The van der Waals surface area contributed by atoms with Gasteiger partial charge in [0.15, 0.2) is 11.9 Å². The Balaban J connectivity index is 2.15. The summed E-state index contributed by atoms with van der Waals surface area (Å²) < 4.78 is 60.9. The lowest BCUT2D eigenvalue weighted by molar-refractivity contribution is -0.189. The lowest BCUT2D eigenvalue weighted by Crippen LogP contribution is -2.32. The molecule has 0 aliphatic carbocycles. The largest absolute Gasteiger partial charge is 0.480 e. The molecule has 0 aliphatic heterocycles. The summed E-state index contributed by atoms with van der Waals surface area (Å²) in [5.74, 6) is -3.58. The van der Waals surface area contributed by atoms with Crippen molar-refractivity contribution in [2.24, 2.45) is 7.05 Å². The summed E-state index contributed by atoms with van der Waals surface area (Å²) >= 11 is 0. The van der Waals surface area contributed by atoms with Crippen molar-refractivity contribution < 1.29 is 31.9 Å². The smallest absolute Gasteiger partial charge is 0.425 e. The Morgan fingerprint density at radius 2 is 1.82 bits per heavy atom. The maximum atomic E-state index is 15.0. The molecule has 1 N–H and O–H groups in total. The lowest BCUT2D eigenvalue weighted by Gasteiger charge is -2.20. The van der Waals surface area contributed by atoms with Gasteiger partial charge in [-0.15, -0.1) is 5.10 Å². The number of para-hydroxylation sites is 1. The van der Waals surface area contributed by atoms with Crippen LogP contribution in [0.2, 0.25) is 0 Å². The monoisotopic (exact) mass is 480 g/mol. The van der Waals surface area contributed by atoms with Gasteiger partial charge in [-0.2, -0.15) is 17.9 Å². The van der Waals surface area contributed by atoms with Gasteiger partial charge >= 0.3 is 11.9 Å². The van der Waals surface area contributed by atoms with Crippen LogP contribution in [0.3, 0.4) is 0 Å². The van der Waals surface area contributed by atoms with Crippen LogP contribution >= 0.6 is 0 Å². The Hall–Kier alpha value is -3.96. The minimum absolute atomic E-state index is 0.295. The third-order valence-electron chi connectivity index (χ3n) is 4.98. The number of alkyl halides is 3. The Morgan fingerprint density at radius 1 is 1.18 bits per heavy atom. The van der Waals surface area contributed by atoms with E-state index < -0.39 is 52.5 Å². The minimum atomic E-state index is -4.79. The second kappa shape index (κ2) is 9.12. The number of amides is 1. The molecule has 3 aromatic rings. The Bertz CT molecular complexity index is 1330. The van der Waals surface area contributed by atoms with Gasteiger partial charge in [0.1, 0.15) is 17.3 Å². The van der Waals surface area contributed by atoms with Gasteiger partial charge in [-0.1, -0.05) is 18.2 Å². The van der Waals surface area contributed by atoms with Crippen molar-refractivity contribution in [1.29, 1.82) is 0 Å². The van der Waals surface area contributed by atoms with E-state index in [1.807, 2.05) is 0 Å². The van der Waals surface area contributed by atoms with E-state index in [0.717, 1.165) is 17.6 Å². The van der Waals surface area contributed by atoms with Gasteiger partial charge < -0.3 is 10.1 Å². The number of anilines is 1. The zero-order valence-electron chi connectivity index (χ0n) is 18.5. The van der Waals surface area contributed by atoms with Gasteiger partial charge in [0.2, 0.25) is 5.82 Å². The highest BCUT2D eigenvalue weighted by molar-refractivity contribution is 6.06. The van der Waals surface area contributed by atoms with Gasteiger partial charge in [-0.05, 0) is 31.5 Å². The molecule has 1 atom stereocenters. The molecule has 12 heteroatoms. The van der Waals surface area contributed by atoms with E-state index in [0.29, 0.717) is 28.9 Å². The number of hydrogen-bond acceptors (Lipinski definition) is 5. The fourth-order valence-corrected chi connectivity index (χ4v) is 3.04. The van der Waals surface area contributed by atoms with Crippen molar-refractivity contribution in [3.05, 3.63) is 69.7 Å². The fraction of sp³-hybridized carbons (Fsp3) is 0.273. The first-order valence-electron chi connectivity index (χ1n) is 9.92. The SMILES string of the molecule is CC(=O)c1nn(-c2cc(O[C@@H](C)C(F)(F)F)c(C(=O)Nc3ccccc3C)cc2F)c(=O)n1C. The summed E-state index contributed by atoms with van der Waals surface area (Å²) in [5.41, 5.74) is -1.02. The zero-order chi connectivity index (χ0) is 25.4. The van der Waals surface area contributed by atoms with Crippen molar-refractivity contribution >= 4 is 17.4 Å². The second-order valence-electron chi connectivity index (χ2n) is 7.50. The number of Topliss-reactive ketones (excluding diaryl/α,β-unsaturated/α-hetero) is 1. The van der Waals surface area contributed by atoms with Crippen molar-refractivity contribution in [3.8, 4) is 11.4 Å². The summed E-state index contributed by atoms with van der Waals surface area (Å²) in [4.78, 5) is 37.0. The van der Waals surface area contributed by atoms with Crippen LogP contribution in [0.25, 0.3) is 5.69 Å². The molecule has 1 amide bonds. The molecule has 0 unspecified atom stereocenters. The number of aromatic nitrogens is 3. The molecule has 0 saturated carbocycles. The third kappa shape index (κ3) is 4.85. The number of carbonyl (C=O) groups excluding carboxylic acids is 2. The first-order valence-corrected chi connectivity index (χ1v) is 9.92. The van der Waals surface area contributed by atoms with Crippen LogP contribution in [-0.4, -0.2) is 38.3 Å². The molecule has 2 aromatic carbocycles. The first kappa shape index (κ1) is 24.7. The number of halogens is 4. The number of carbonyl (C=O) groups is 2. The highest BCUT2D eigenvalue weighted by Gasteiger charge is 2.39. The molecule has 0 saturated heterocycles. The molecule has 1 aromatic heterocycles. The molecular formula is C22H20F4N4O4. The maximum absolute atomic E-state index is 15.0. The summed E-state index contributed by atoms with van der Waals surface area (Å²) in [6, 6.07) is 8.03. The number of nitrogens with zero attached hydrogens (tertiary/aromatic N) is 3. The van der Waals surface area contributed by atoms with E-state index in [-0.39, 0.29) is 5.82 Å². The minimum Gasteiger partial charge on any atom is -0.480 e. The van der Waals surface area contributed by atoms with Crippen LogP contribution in [-0.2, 0) is 7.05 Å². The standard InChI is InChI=1S/C22H20F4N4O4/c1-11-7-5-6-8-16(11)27-20(32)14-9-15(23)17(10-18(14)34-13(3)22(24,25)26)30-21(33)29(4)19(28-30)12(2)31/h5-10,13H,1-4H3,(H,27,32)/t13-/m0/s1. The number of ether oxygens (including phenoxy) is 1. The topological polar surface area (TPSA) is 95.2 Å². The lowest BCUT2D eigenvalue weighted by atomic mass is 10.1. The predicted octanol–water partition coefficient (Wildman–Crippen LogP) is 3.80. The van der Waals surface area contributed by atoms with Crippen molar-refractivity contribution in [1.82, 2.24) is 14.3 Å². The average molecular weight is 480 g/mol. The van der Waals surface area contributed by atoms with Gasteiger partial charge in [0.25, 0.3) is 5.91 Å². The zero-order valence-corrected chi connectivity index (χ0v) is 18.5. The molecule has 34 heavy (non-hydrogen) atoms. The maximum Gasteiger partial charge on any atom is 0.425 e. The average Bonchev–Trinajstić information content (AvgIpc) is 3.04. The van der Waals surface area contributed by atoms with Gasteiger partial charge in [0, 0.05) is 25.7 Å². The molecule has 0 spiro atoms. The quantitative estimate of drug-likeness (QED) is 0.428. The molecule has 180 valence electrons. The van der Waals surface area contributed by atoms with E-state index in [4.69, 9.17) is 4.74 Å². The van der Waals surface area contributed by atoms with Crippen LogP contribution in [0.4, 0.5) is 23.2 Å². The van der Waals surface area contributed by atoms with Crippen LogP contribution in [0.1, 0.15) is 40.4 Å². The number of rotatable bonds is 6. The van der Waals surface area contributed by atoms with E-state index in [9.17, 15) is 27.6 Å². The number of ketones is 1. The van der Waals surface area contributed by atoms with E-state index in [1.165, 1.54) is 7.05 Å². The van der Waals surface area contributed by atoms with Crippen LogP contribution < -0.4 is 15.7 Å². The molecular weight excluding hydrogens is 460 g/mol. The Kier molecular flexibility index (Phi) is 6.62. The Morgan fingerprint density at radius 3 is 2.38 bits per heavy atom.